The van der Waals surface area contributed by atoms with Gasteiger partial charge in [-0.05, 0) is 127 Å². The van der Waals surface area contributed by atoms with Gasteiger partial charge in [-0.2, -0.15) is 0 Å². The number of benzene rings is 1. The number of nitrogens with two attached hydrogens (primary N) is 1. The fourth-order valence-corrected chi connectivity index (χ4v) is 11.1. The number of carbonyl (C=O) groups is 3. The van der Waals surface area contributed by atoms with Crippen molar-refractivity contribution in [3.8, 4) is 0 Å². The predicted molar refractivity (Wildman–Crippen MR) is 201 cm³/mol. The Morgan fingerprint density at radius 2 is 1.71 bits per heavy atom. The molecule has 0 radical (unpaired) electrons. The molecular formula is C39H58N6O10. The smallest absolute Gasteiger partial charge is 0.305 e. The molecule has 4 aliphatic rings. The zero-order valence-corrected chi connectivity index (χ0v) is 32.2. The van der Waals surface area contributed by atoms with Gasteiger partial charge in [-0.3, -0.25) is 24.5 Å². The topological polar surface area (TPSA) is 231 Å². The molecule has 1 heterocycles. The lowest BCUT2D eigenvalue weighted by Crippen LogP contribution is -2.56. The van der Waals surface area contributed by atoms with Gasteiger partial charge in [-0.25, -0.2) is 4.63 Å². The van der Waals surface area contributed by atoms with Gasteiger partial charge in [-0.1, -0.05) is 13.8 Å². The minimum atomic E-state index is -1.15. The number of ether oxygens (including phenoxy) is 3. The summed E-state index contributed by atoms with van der Waals surface area (Å²) in [6, 6.07) is 1.41. The van der Waals surface area contributed by atoms with E-state index in [1.54, 1.807) is 0 Å². The number of carbonyl (C=O) groups excluding carboxylic acids is 2. The summed E-state index contributed by atoms with van der Waals surface area (Å²) in [5.74, 6) is 1.37. The number of non-ortho nitro benzene ring substituents is 1. The minimum Gasteiger partial charge on any atom is -0.481 e. The van der Waals surface area contributed by atoms with Crippen LogP contribution in [0.2, 0.25) is 0 Å². The zero-order chi connectivity index (χ0) is 39.2. The molecule has 0 aliphatic heterocycles. The minimum absolute atomic E-state index is 0.0546. The molecule has 5 N–H and O–H groups in total. The first-order chi connectivity index (χ1) is 26.4. The number of nitro benzene ring substituents is 1. The lowest BCUT2D eigenvalue weighted by atomic mass is 9.44. The number of nitro groups is 1. The van der Waals surface area contributed by atoms with Crippen molar-refractivity contribution in [2.75, 3.05) is 44.9 Å². The summed E-state index contributed by atoms with van der Waals surface area (Å²) in [5, 5.41) is 34.6. The molecule has 16 heteroatoms. The van der Waals surface area contributed by atoms with E-state index in [1.165, 1.54) is 44.2 Å². The zero-order valence-electron chi connectivity index (χ0n) is 32.2. The number of anilines is 1. The van der Waals surface area contributed by atoms with Gasteiger partial charge in [0.25, 0.3) is 0 Å². The van der Waals surface area contributed by atoms with E-state index in [0.29, 0.717) is 74.4 Å². The fourth-order valence-electron chi connectivity index (χ4n) is 11.1. The van der Waals surface area contributed by atoms with Crippen molar-refractivity contribution in [2.24, 2.45) is 46.2 Å². The number of hydrogen-bond acceptors (Lipinski definition) is 13. The highest BCUT2D eigenvalue weighted by atomic mass is 16.6. The third kappa shape index (κ3) is 9.07. The second kappa shape index (κ2) is 17.9. The standard InChI is InChI=1S/C39H58N6O10/c1-38-15-13-29-27(28(38)9-7-24(38)4-3-5-34(48)54-21-20-53-19-18-52-17-16-40)8-6-25-22-26(12-14-39(25,29)2)41-37(49)31(23-33(46)47)42-30-10-11-32(45(50)51)36-35(30)43-55-44-36/h10-11,24-29,31,42H,3-9,12-23,40H2,1-2H3,(H,41,49)(H,46,47)/t24?,25-,26-,27?,28?,29?,31+,38-,39+/m1/s1. The van der Waals surface area contributed by atoms with Crippen LogP contribution in [-0.2, 0) is 28.6 Å². The van der Waals surface area contributed by atoms with Gasteiger partial charge < -0.3 is 35.7 Å². The maximum Gasteiger partial charge on any atom is 0.305 e. The van der Waals surface area contributed by atoms with Crippen molar-refractivity contribution in [2.45, 2.75) is 109 Å². The molecule has 0 bridgehead atoms. The molecule has 9 atom stereocenters. The van der Waals surface area contributed by atoms with Gasteiger partial charge in [0.1, 0.15) is 12.6 Å². The predicted octanol–water partition coefficient (Wildman–Crippen LogP) is 5.24. The van der Waals surface area contributed by atoms with Crippen LogP contribution in [0.1, 0.15) is 97.3 Å². The lowest BCUT2D eigenvalue weighted by Gasteiger charge is -2.61. The number of fused-ring (bicyclic) bond motifs is 6. The van der Waals surface area contributed by atoms with Crippen molar-refractivity contribution >= 4 is 40.3 Å². The number of carboxylic acids is 1. The summed E-state index contributed by atoms with van der Waals surface area (Å²) in [6.45, 7) is 7.54. The number of amides is 1. The lowest BCUT2D eigenvalue weighted by molar-refractivity contribution is -0.383. The van der Waals surface area contributed by atoms with E-state index in [0.717, 1.165) is 38.5 Å². The van der Waals surface area contributed by atoms with Crippen molar-refractivity contribution in [1.29, 1.82) is 0 Å². The summed E-state index contributed by atoms with van der Waals surface area (Å²) in [5.41, 5.74) is 5.79. The molecule has 4 aliphatic carbocycles. The second-order valence-electron chi connectivity index (χ2n) is 16.7. The van der Waals surface area contributed by atoms with Gasteiger partial charge in [0.2, 0.25) is 11.4 Å². The summed E-state index contributed by atoms with van der Waals surface area (Å²) >= 11 is 0. The van der Waals surface area contributed by atoms with Crippen LogP contribution in [0.3, 0.4) is 0 Å². The Kier molecular flexibility index (Phi) is 13.3. The van der Waals surface area contributed by atoms with Crippen molar-refractivity contribution < 1.29 is 43.3 Å². The highest BCUT2D eigenvalue weighted by molar-refractivity contribution is 5.96. The molecule has 0 spiro atoms. The Bertz CT molecular complexity index is 1670. The fraction of sp³-hybridized carbons (Fsp3) is 0.769. The number of esters is 1. The first-order valence-corrected chi connectivity index (χ1v) is 20.1. The van der Waals surface area contributed by atoms with Crippen LogP contribution in [0.4, 0.5) is 11.4 Å². The second-order valence-corrected chi connectivity index (χ2v) is 16.7. The van der Waals surface area contributed by atoms with Gasteiger partial charge in [0, 0.05) is 25.1 Å². The number of carboxylic acid groups (broad SMARTS) is 1. The Morgan fingerprint density at radius 3 is 2.47 bits per heavy atom. The molecule has 1 amide bonds. The van der Waals surface area contributed by atoms with Crippen molar-refractivity contribution in [1.82, 2.24) is 15.6 Å². The first kappa shape index (κ1) is 40.8. The van der Waals surface area contributed by atoms with E-state index >= 15 is 0 Å². The Balaban J connectivity index is 0.985. The molecule has 4 saturated carbocycles. The van der Waals surface area contributed by atoms with Gasteiger partial charge >= 0.3 is 17.6 Å². The highest BCUT2D eigenvalue weighted by Crippen LogP contribution is 2.68. The first-order valence-electron chi connectivity index (χ1n) is 20.1. The van der Waals surface area contributed by atoms with Crippen LogP contribution in [-0.4, -0.2) is 89.9 Å². The average Bonchev–Trinajstić information content (AvgIpc) is 3.77. The van der Waals surface area contributed by atoms with Crippen LogP contribution < -0.4 is 16.4 Å². The molecule has 4 fully saturated rings. The maximum atomic E-state index is 13.6. The normalized spacial score (nSPS) is 30.5. The maximum absolute atomic E-state index is 13.6. The van der Waals surface area contributed by atoms with Gasteiger partial charge in [0.05, 0.1) is 43.5 Å². The molecule has 6 rings (SSSR count). The van der Waals surface area contributed by atoms with Gasteiger partial charge in [0.15, 0.2) is 5.52 Å². The number of hydrogen-bond donors (Lipinski definition) is 4. The molecular weight excluding hydrogens is 712 g/mol. The summed E-state index contributed by atoms with van der Waals surface area (Å²) in [4.78, 5) is 48.7. The van der Waals surface area contributed by atoms with Gasteiger partial charge in [-0.15, -0.1) is 0 Å². The van der Waals surface area contributed by atoms with Crippen LogP contribution in [0.15, 0.2) is 16.8 Å². The Hall–Kier alpha value is -3.89. The van der Waals surface area contributed by atoms with E-state index in [4.69, 9.17) is 24.6 Å². The third-order valence-corrected chi connectivity index (χ3v) is 13.9. The average molecular weight is 771 g/mol. The number of rotatable bonds is 19. The molecule has 1 aromatic heterocycles. The van der Waals surface area contributed by atoms with Crippen LogP contribution in [0.5, 0.6) is 0 Å². The summed E-state index contributed by atoms with van der Waals surface area (Å²) in [7, 11) is 0. The number of nitrogens with one attached hydrogen (secondary N) is 2. The number of aliphatic carboxylic acids is 1. The summed E-state index contributed by atoms with van der Waals surface area (Å²) < 4.78 is 20.9. The molecule has 304 valence electrons. The van der Waals surface area contributed by atoms with E-state index in [9.17, 15) is 29.6 Å². The molecule has 4 unspecified atom stereocenters. The monoisotopic (exact) mass is 770 g/mol. The van der Waals surface area contributed by atoms with Crippen molar-refractivity contribution in [3.63, 3.8) is 0 Å². The van der Waals surface area contributed by atoms with Crippen LogP contribution in [0, 0.1) is 50.5 Å². The van der Waals surface area contributed by atoms with E-state index in [2.05, 4.69) is 34.8 Å². The highest BCUT2D eigenvalue weighted by Gasteiger charge is 2.60. The Morgan fingerprint density at radius 1 is 0.982 bits per heavy atom. The SMILES string of the molecule is C[C@]12CCC3C(CC[C@@H]4C[C@H](NC(=O)[C@H](CC(=O)O)Nc5ccc([N+](=O)[O-])c6nonc56)CC[C@]34C)C1CCC2CCCC(=O)OCCOCCOCCN. The third-order valence-electron chi connectivity index (χ3n) is 13.9. The molecule has 0 saturated heterocycles. The van der Waals surface area contributed by atoms with Crippen molar-refractivity contribution in [3.05, 3.63) is 22.2 Å². The van der Waals surface area contributed by atoms with Crippen LogP contribution in [0.25, 0.3) is 11.0 Å². The molecule has 1 aromatic carbocycles. The number of aromatic nitrogens is 2. The van der Waals surface area contributed by atoms with E-state index in [-0.39, 0.29) is 46.4 Å². The summed E-state index contributed by atoms with van der Waals surface area (Å²) in [6.07, 6.45) is 11.8. The molecule has 16 nitrogen and oxygen atoms in total. The largest absolute Gasteiger partial charge is 0.481 e. The molecule has 55 heavy (non-hydrogen) atoms. The quantitative estimate of drug-likeness (QED) is 0.0620. The Labute approximate surface area is 321 Å². The number of nitrogens with zero attached hydrogens (tertiary/aromatic N) is 3. The van der Waals surface area contributed by atoms with E-state index in [1.807, 2.05) is 0 Å². The van der Waals surface area contributed by atoms with Crippen LogP contribution >= 0.6 is 0 Å². The molecule has 2 aromatic rings. The van der Waals surface area contributed by atoms with E-state index < -0.39 is 29.3 Å².